The van der Waals surface area contributed by atoms with Crippen LogP contribution in [0.4, 0.5) is 15.9 Å². The van der Waals surface area contributed by atoms with Gasteiger partial charge in [0, 0.05) is 5.56 Å². The Labute approximate surface area is 184 Å². The molecule has 0 aliphatic rings. The van der Waals surface area contributed by atoms with E-state index in [2.05, 4.69) is 15.6 Å². The van der Waals surface area contributed by atoms with Crippen LogP contribution in [-0.2, 0) is 0 Å². The summed E-state index contributed by atoms with van der Waals surface area (Å²) in [4.78, 5) is 29.2. The number of nitrogens with one attached hydrogen (secondary N) is 2. The van der Waals surface area contributed by atoms with E-state index in [9.17, 15) is 14.0 Å². The van der Waals surface area contributed by atoms with Gasteiger partial charge in [-0.1, -0.05) is 12.1 Å². The van der Waals surface area contributed by atoms with Gasteiger partial charge in [-0.15, -0.1) is 0 Å². The first-order valence-electron chi connectivity index (χ1n) is 9.51. The Morgan fingerprint density at radius 1 is 0.906 bits per heavy atom. The third-order valence-electron chi connectivity index (χ3n) is 4.65. The molecule has 0 unspecified atom stereocenters. The number of aryl methyl sites for hydroxylation is 1. The highest BCUT2D eigenvalue weighted by molar-refractivity contribution is 6.06. The lowest BCUT2D eigenvalue weighted by molar-refractivity contribution is 0.101. The van der Waals surface area contributed by atoms with Gasteiger partial charge in [-0.05, 0) is 42.8 Å². The predicted molar refractivity (Wildman–Crippen MR) is 117 cm³/mol. The molecule has 166 valence electrons. The largest absolute Gasteiger partial charge is 0.493 e. The van der Waals surface area contributed by atoms with E-state index in [0.29, 0.717) is 28.5 Å². The second-order valence-electron chi connectivity index (χ2n) is 6.69. The Bertz CT molecular complexity index is 1140. The molecule has 0 saturated heterocycles. The Kier molecular flexibility index (Phi) is 6.89. The number of benzene rings is 2. The molecule has 0 bridgehead atoms. The lowest BCUT2D eigenvalue weighted by Crippen LogP contribution is -2.16. The quantitative estimate of drug-likeness (QED) is 0.576. The molecule has 3 rings (SSSR count). The van der Waals surface area contributed by atoms with Gasteiger partial charge in [-0.25, -0.2) is 9.37 Å². The van der Waals surface area contributed by atoms with E-state index < -0.39 is 17.6 Å². The fourth-order valence-corrected chi connectivity index (χ4v) is 2.99. The van der Waals surface area contributed by atoms with Gasteiger partial charge in [-0.3, -0.25) is 9.59 Å². The second-order valence-corrected chi connectivity index (χ2v) is 6.69. The highest BCUT2D eigenvalue weighted by Gasteiger charge is 2.18. The topological polar surface area (TPSA) is 98.8 Å². The molecule has 2 N–H and O–H groups in total. The summed E-state index contributed by atoms with van der Waals surface area (Å²) in [6, 6.07) is 10.3. The van der Waals surface area contributed by atoms with Crippen molar-refractivity contribution in [3.63, 3.8) is 0 Å². The number of carbonyl (C=O) groups excluding carboxylic acids is 2. The van der Waals surface area contributed by atoms with Crippen molar-refractivity contribution in [1.29, 1.82) is 0 Å². The number of ether oxygens (including phenoxy) is 3. The van der Waals surface area contributed by atoms with Crippen LogP contribution in [0.1, 0.15) is 26.3 Å². The minimum Gasteiger partial charge on any atom is -0.493 e. The molecule has 0 aliphatic heterocycles. The van der Waals surface area contributed by atoms with Gasteiger partial charge in [0.05, 0.1) is 38.8 Å². The Morgan fingerprint density at radius 3 is 2.12 bits per heavy atom. The average molecular weight is 439 g/mol. The number of rotatable bonds is 7. The van der Waals surface area contributed by atoms with Crippen LogP contribution in [0.15, 0.2) is 48.7 Å². The van der Waals surface area contributed by atoms with E-state index in [0.717, 1.165) is 0 Å². The molecule has 1 heterocycles. The molecule has 8 nitrogen and oxygen atoms in total. The maximum atomic E-state index is 13.8. The molecule has 0 saturated carbocycles. The number of anilines is 2. The smallest absolute Gasteiger partial charge is 0.259 e. The van der Waals surface area contributed by atoms with E-state index in [1.165, 1.54) is 57.9 Å². The lowest BCUT2D eigenvalue weighted by atomic mass is 10.1. The molecule has 0 fully saturated rings. The zero-order valence-corrected chi connectivity index (χ0v) is 18.0. The molecular weight excluding hydrogens is 417 g/mol. The first kappa shape index (κ1) is 22.5. The number of hydrogen-bond donors (Lipinski definition) is 2. The van der Waals surface area contributed by atoms with Crippen LogP contribution in [0.5, 0.6) is 17.2 Å². The fourth-order valence-electron chi connectivity index (χ4n) is 2.99. The van der Waals surface area contributed by atoms with Gasteiger partial charge in [0.25, 0.3) is 11.8 Å². The number of hydrogen-bond acceptors (Lipinski definition) is 6. The standard InChI is InChI=1S/C23H22FN3O5/c1-13-9-20(27-23(29)15-7-5-6-8-16(15)24)25-12-17(13)26-22(28)14-10-18(30-2)21(32-4)19(11-14)31-3/h5-12H,1-4H3,(H,26,28)(H,25,27,29). The predicted octanol–water partition coefficient (Wildman–Crippen LogP) is 4.06. The van der Waals surface area contributed by atoms with E-state index in [1.807, 2.05) is 0 Å². The summed E-state index contributed by atoms with van der Waals surface area (Å²) in [5, 5.41) is 5.31. The van der Waals surface area contributed by atoms with Crippen molar-refractivity contribution >= 4 is 23.3 Å². The first-order chi connectivity index (χ1) is 15.4. The van der Waals surface area contributed by atoms with Crippen LogP contribution in [0.3, 0.4) is 0 Å². The van der Waals surface area contributed by atoms with Gasteiger partial charge < -0.3 is 24.8 Å². The van der Waals surface area contributed by atoms with Crippen molar-refractivity contribution in [2.45, 2.75) is 6.92 Å². The molecule has 2 amide bonds. The van der Waals surface area contributed by atoms with Crippen LogP contribution in [0.2, 0.25) is 0 Å². The zero-order chi connectivity index (χ0) is 23.3. The molecule has 3 aromatic rings. The summed E-state index contributed by atoms with van der Waals surface area (Å²) in [5.41, 5.74) is 1.28. The summed E-state index contributed by atoms with van der Waals surface area (Å²) in [6.45, 7) is 1.74. The summed E-state index contributed by atoms with van der Waals surface area (Å²) < 4.78 is 29.6. The minimum atomic E-state index is -0.629. The Morgan fingerprint density at radius 2 is 1.56 bits per heavy atom. The van der Waals surface area contributed by atoms with E-state index in [4.69, 9.17) is 14.2 Å². The Hall–Kier alpha value is -4.14. The van der Waals surface area contributed by atoms with Crippen LogP contribution in [0, 0.1) is 12.7 Å². The van der Waals surface area contributed by atoms with Crippen LogP contribution in [-0.4, -0.2) is 38.1 Å². The van der Waals surface area contributed by atoms with Crippen molar-refractivity contribution in [3.05, 3.63) is 71.2 Å². The fraction of sp³-hybridized carbons (Fsp3) is 0.174. The minimum absolute atomic E-state index is 0.0910. The van der Waals surface area contributed by atoms with Gasteiger partial charge in [0.1, 0.15) is 11.6 Å². The normalized spacial score (nSPS) is 10.3. The highest BCUT2D eigenvalue weighted by atomic mass is 19.1. The maximum Gasteiger partial charge on any atom is 0.259 e. The molecule has 2 aromatic carbocycles. The molecule has 0 aliphatic carbocycles. The number of nitrogens with zero attached hydrogens (tertiary/aromatic N) is 1. The number of carbonyl (C=O) groups is 2. The average Bonchev–Trinajstić information content (AvgIpc) is 2.79. The second kappa shape index (κ2) is 9.78. The lowest BCUT2D eigenvalue weighted by Gasteiger charge is -2.15. The highest BCUT2D eigenvalue weighted by Crippen LogP contribution is 2.38. The SMILES string of the molecule is COc1cc(C(=O)Nc2cnc(NC(=O)c3ccccc3F)cc2C)cc(OC)c1OC. The van der Waals surface area contributed by atoms with Gasteiger partial charge >= 0.3 is 0 Å². The van der Waals surface area contributed by atoms with Crippen LogP contribution in [0.25, 0.3) is 0 Å². The number of amides is 2. The monoisotopic (exact) mass is 439 g/mol. The van der Waals surface area contributed by atoms with Crippen molar-refractivity contribution in [1.82, 2.24) is 4.98 Å². The summed E-state index contributed by atoms with van der Waals surface area (Å²) in [6.07, 6.45) is 1.40. The summed E-state index contributed by atoms with van der Waals surface area (Å²) in [7, 11) is 4.39. The van der Waals surface area contributed by atoms with Crippen molar-refractivity contribution in [3.8, 4) is 17.2 Å². The number of aromatic nitrogens is 1. The number of methoxy groups -OCH3 is 3. The number of pyridine rings is 1. The molecular formula is C23H22FN3O5. The summed E-state index contributed by atoms with van der Waals surface area (Å²) in [5.74, 6) is -0.380. The molecule has 32 heavy (non-hydrogen) atoms. The van der Waals surface area contributed by atoms with Crippen LogP contribution >= 0.6 is 0 Å². The molecule has 0 radical (unpaired) electrons. The molecule has 9 heteroatoms. The van der Waals surface area contributed by atoms with Crippen molar-refractivity contribution < 1.29 is 28.2 Å². The van der Waals surface area contributed by atoms with E-state index in [-0.39, 0.29) is 16.9 Å². The van der Waals surface area contributed by atoms with Gasteiger partial charge in [-0.2, -0.15) is 0 Å². The summed E-state index contributed by atoms with van der Waals surface area (Å²) >= 11 is 0. The maximum absolute atomic E-state index is 13.8. The third-order valence-corrected chi connectivity index (χ3v) is 4.65. The first-order valence-corrected chi connectivity index (χ1v) is 9.51. The molecule has 0 spiro atoms. The zero-order valence-electron chi connectivity index (χ0n) is 18.0. The van der Waals surface area contributed by atoms with E-state index >= 15 is 0 Å². The molecule has 0 atom stereocenters. The van der Waals surface area contributed by atoms with Crippen molar-refractivity contribution in [2.24, 2.45) is 0 Å². The van der Waals surface area contributed by atoms with Gasteiger partial charge in [0.2, 0.25) is 5.75 Å². The third kappa shape index (κ3) is 4.77. The van der Waals surface area contributed by atoms with Crippen LogP contribution < -0.4 is 24.8 Å². The van der Waals surface area contributed by atoms with Gasteiger partial charge in [0.15, 0.2) is 11.5 Å². The number of halogens is 1. The molecule has 1 aromatic heterocycles. The van der Waals surface area contributed by atoms with E-state index in [1.54, 1.807) is 19.1 Å². The van der Waals surface area contributed by atoms with Crippen molar-refractivity contribution in [2.75, 3.05) is 32.0 Å². The Balaban J connectivity index is 1.78.